The van der Waals surface area contributed by atoms with Crippen LogP contribution in [0.25, 0.3) is 0 Å². The number of aliphatic hydroxyl groups excluding tert-OH is 2. The van der Waals surface area contributed by atoms with Crippen molar-refractivity contribution in [1.82, 2.24) is 5.32 Å². The van der Waals surface area contributed by atoms with E-state index in [4.69, 9.17) is 6.42 Å². The van der Waals surface area contributed by atoms with Gasteiger partial charge in [-0.05, 0) is 117 Å². The number of allylic oxidation sites excluding steroid dienone is 1. The van der Waals surface area contributed by atoms with Crippen molar-refractivity contribution in [2.45, 2.75) is 97.2 Å². The summed E-state index contributed by atoms with van der Waals surface area (Å²) in [4.78, 5) is 11.7. The van der Waals surface area contributed by atoms with E-state index >= 15 is 0 Å². The van der Waals surface area contributed by atoms with E-state index in [1.807, 2.05) is 6.08 Å². The molecule has 3 N–H and O–H groups in total. The zero-order valence-corrected chi connectivity index (χ0v) is 20.9. The fraction of sp³-hybridized carbons (Fsp3) is 0.828. The predicted molar refractivity (Wildman–Crippen MR) is 132 cm³/mol. The number of carbonyl (C=O) groups excluding carboxylic acids is 1. The van der Waals surface area contributed by atoms with Gasteiger partial charge in [-0.1, -0.05) is 32.8 Å². The molecule has 0 aromatic rings. The standard InChI is InChI=1S/C29H45NO3/c1-5-16-30-26(33)9-7-6-8-19(2)22-10-11-23-27-24(13-15-29(22,23)4)28(3)14-12-21(31)17-20(28)18-25(27)32/h1,7,9,19-25,27,31-32H,6,8,10-18H2,2-4H3,(H,30,33)/b9-7+/t19-,20+,21-,22-,23+,24?,25?,27+,28+,29-/m1/s1. The number of amides is 1. The van der Waals surface area contributed by atoms with Crippen LogP contribution in [0.15, 0.2) is 12.2 Å². The van der Waals surface area contributed by atoms with E-state index in [0.29, 0.717) is 46.3 Å². The molecule has 4 nitrogen and oxygen atoms in total. The Labute approximate surface area is 201 Å². The molecule has 4 heteroatoms. The van der Waals surface area contributed by atoms with Crippen LogP contribution in [0.5, 0.6) is 0 Å². The number of nitrogens with one attached hydrogen (secondary N) is 1. The molecule has 1 amide bonds. The highest BCUT2D eigenvalue weighted by molar-refractivity contribution is 5.87. The molecule has 4 saturated carbocycles. The summed E-state index contributed by atoms with van der Waals surface area (Å²) in [5, 5.41) is 24.3. The molecule has 0 saturated heterocycles. The van der Waals surface area contributed by atoms with Crippen molar-refractivity contribution in [2.75, 3.05) is 6.54 Å². The molecule has 4 rings (SSSR count). The van der Waals surface area contributed by atoms with Gasteiger partial charge in [-0.3, -0.25) is 4.79 Å². The molecule has 0 spiro atoms. The van der Waals surface area contributed by atoms with Gasteiger partial charge >= 0.3 is 0 Å². The predicted octanol–water partition coefficient (Wildman–Crippen LogP) is 4.70. The number of terminal acetylenes is 1. The molecule has 4 aliphatic rings. The molecule has 33 heavy (non-hydrogen) atoms. The summed E-state index contributed by atoms with van der Waals surface area (Å²) in [7, 11) is 0. The van der Waals surface area contributed by atoms with Crippen LogP contribution in [0, 0.1) is 58.7 Å². The smallest absolute Gasteiger partial charge is 0.244 e. The summed E-state index contributed by atoms with van der Waals surface area (Å²) in [6, 6.07) is 0. The Morgan fingerprint density at radius 3 is 2.61 bits per heavy atom. The largest absolute Gasteiger partial charge is 0.393 e. The third-order valence-electron chi connectivity index (χ3n) is 10.8. The van der Waals surface area contributed by atoms with Crippen LogP contribution in [0.2, 0.25) is 0 Å². The van der Waals surface area contributed by atoms with Crippen molar-refractivity contribution < 1.29 is 15.0 Å². The van der Waals surface area contributed by atoms with Crippen LogP contribution in [0.1, 0.15) is 85.0 Å². The Morgan fingerprint density at radius 1 is 1.12 bits per heavy atom. The van der Waals surface area contributed by atoms with Gasteiger partial charge in [0.2, 0.25) is 5.91 Å². The molecule has 0 radical (unpaired) electrons. The van der Waals surface area contributed by atoms with Gasteiger partial charge in [0, 0.05) is 0 Å². The van der Waals surface area contributed by atoms with E-state index in [9.17, 15) is 15.0 Å². The van der Waals surface area contributed by atoms with Gasteiger partial charge in [0.15, 0.2) is 0 Å². The van der Waals surface area contributed by atoms with Crippen LogP contribution in [-0.4, -0.2) is 34.9 Å². The normalized spacial score (nSPS) is 45.5. The van der Waals surface area contributed by atoms with Crippen molar-refractivity contribution in [3.05, 3.63) is 12.2 Å². The molecule has 0 bridgehead atoms. The van der Waals surface area contributed by atoms with E-state index in [0.717, 1.165) is 38.5 Å². The maximum Gasteiger partial charge on any atom is 0.244 e. The number of aliphatic hydroxyl groups is 2. The Hall–Kier alpha value is -1.31. The highest BCUT2D eigenvalue weighted by atomic mass is 16.3. The molecule has 4 fully saturated rings. The summed E-state index contributed by atoms with van der Waals surface area (Å²) < 4.78 is 0. The summed E-state index contributed by atoms with van der Waals surface area (Å²) in [5.74, 6) is 5.75. The number of carbonyl (C=O) groups is 1. The van der Waals surface area contributed by atoms with Gasteiger partial charge in [-0.25, -0.2) is 0 Å². The van der Waals surface area contributed by atoms with Crippen LogP contribution in [0.3, 0.4) is 0 Å². The Balaban J connectivity index is 1.41. The second kappa shape index (κ2) is 9.74. The van der Waals surface area contributed by atoms with Gasteiger partial charge in [0.25, 0.3) is 0 Å². The van der Waals surface area contributed by atoms with Gasteiger partial charge < -0.3 is 15.5 Å². The van der Waals surface area contributed by atoms with Crippen LogP contribution >= 0.6 is 0 Å². The van der Waals surface area contributed by atoms with Gasteiger partial charge in [-0.15, -0.1) is 6.42 Å². The molecular formula is C29H45NO3. The maximum absolute atomic E-state index is 11.7. The van der Waals surface area contributed by atoms with Crippen molar-refractivity contribution in [3.8, 4) is 12.3 Å². The van der Waals surface area contributed by atoms with Crippen molar-refractivity contribution in [2.24, 2.45) is 46.3 Å². The Kier molecular flexibility index (Phi) is 7.32. The second-order valence-electron chi connectivity index (χ2n) is 12.3. The fourth-order valence-electron chi connectivity index (χ4n) is 9.12. The minimum Gasteiger partial charge on any atom is -0.393 e. The second-order valence-corrected chi connectivity index (χ2v) is 12.3. The van der Waals surface area contributed by atoms with Gasteiger partial charge in [0.1, 0.15) is 0 Å². The lowest BCUT2D eigenvalue weighted by Gasteiger charge is -2.62. The van der Waals surface area contributed by atoms with E-state index in [1.54, 1.807) is 6.08 Å². The fourth-order valence-corrected chi connectivity index (χ4v) is 9.12. The number of hydrogen-bond acceptors (Lipinski definition) is 3. The van der Waals surface area contributed by atoms with E-state index in [1.165, 1.54) is 25.7 Å². The average molecular weight is 456 g/mol. The first-order valence-corrected chi connectivity index (χ1v) is 13.4. The average Bonchev–Trinajstić information content (AvgIpc) is 3.13. The van der Waals surface area contributed by atoms with Crippen molar-refractivity contribution in [3.63, 3.8) is 0 Å². The van der Waals surface area contributed by atoms with Crippen LogP contribution in [0.4, 0.5) is 0 Å². The lowest BCUT2D eigenvalue weighted by Crippen LogP contribution is -2.58. The monoisotopic (exact) mass is 455 g/mol. The molecule has 0 aromatic heterocycles. The van der Waals surface area contributed by atoms with Gasteiger partial charge in [-0.2, -0.15) is 0 Å². The maximum atomic E-state index is 11.7. The highest BCUT2D eigenvalue weighted by Crippen LogP contribution is 2.68. The summed E-state index contributed by atoms with van der Waals surface area (Å²) in [6.07, 6.45) is 19.3. The molecule has 0 heterocycles. The van der Waals surface area contributed by atoms with Gasteiger partial charge in [0.05, 0.1) is 18.8 Å². The zero-order valence-electron chi connectivity index (χ0n) is 20.9. The van der Waals surface area contributed by atoms with Crippen LogP contribution in [-0.2, 0) is 4.79 Å². The summed E-state index contributed by atoms with van der Waals surface area (Å²) in [6.45, 7) is 7.68. The Morgan fingerprint density at radius 2 is 1.85 bits per heavy atom. The van der Waals surface area contributed by atoms with Crippen molar-refractivity contribution in [1.29, 1.82) is 0 Å². The molecule has 0 aliphatic heterocycles. The highest BCUT2D eigenvalue weighted by Gasteiger charge is 2.62. The number of fused-ring (bicyclic) bond motifs is 5. The lowest BCUT2D eigenvalue weighted by molar-refractivity contribution is -0.174. The lowest BCUT2D eigenvalue weighted by atomic mass is 9.43. The summed E-state index contributed by atoms with van der Waals surface area (Å²) >= 11 is 0. The van der Waals surface area contributed by atoms with E-state index in [2.05, 4.69) is 32.0 Å². The third-order valence-corrected chi connectivity index (χ3v) is 10.8. The number of rotatable bonds is 6. The minimum absolute atomic E-state index is 0.111. The summed E-state index contributed by atoms with van der Waals surface area (Å²) in [5.41, 5.74) is 0.603. The van der Waals surface area contributed by atoms with Crippen molar-refractivity contribution >= 4 is 5.91 Å². The molecular weight excluding hydrogens is 410 g/mol. The topological polar surface area (TPSA) is 69.6 Å². The molecule has 4 aliphatic carbocycles. The van der Waals surface area contributed by atoms with E-state index < -0.39 is 0 Å². The SMILES string of the molecule is C#CCNC(=O)/C=C/CC[C@@H](C)[C@H]1CC[C@H]2[C@@H]3C(O)C[C@@H]4C[C@H](O)CC[C@]4(C)C3CC[C@]12C. The molecule has 184 valence electrons. The number of hydrogen-bond donors (Lipinski definition) is 3. The molecule has 2 unspecified atom stereocenters. The van der Waals surface area contributed by atoms with E-state index in [-0.39, 0.29) is 24.7 Å². The van der Waals surface area contributed by atoms with Crippen LogP contribution < -0.4 is 5.32 Å². The first-order chi connectivity index (χ1) is 15.7. The third kappa shape index (κ3) is 4.53. The quantitative estimate of drug-likeness (QED) is 0.402. The molecule has 10 atom stereocenters. The first kappa shape index (κ1) is 24.8. The minimum atomic E-state index is -0.207. The molecule has 0 aromatic carbocycles. The zero-order chi connectivity index (χ0) is 23.8. The Bertz CT molecular complexity index is 786. The first-order valence-electron chi connectivity index (χ1n) is 13.4.